The average molecular weight is 286 g/mol. The van der Waals surface area contributed by atoms with Gasteiger partial charge in [0.2, 0.25) is 0 Å². The number of carbonyl (C=O) groups excluding carboxylic acids is 1. The largest absolute Gasteiger partial charge is 0.482 e. The second-order valence-corrected chi connectivity index (χ2v) is 5.32. The van der Waals surface area contributed by atoms with Gasteiger partial charge in [-0.3, -0.25) is 4.79 Å². The number of ether oxygens (including phenoxy) is 1. The maximum atomic E-state index is 11.4. The number of nitrogens with two attached hydrogens (primary N) is 1. The van der Waals surface area contributed by atoms with E-state index < -0.39 is 0 Å². The summed E-state index contributed by atoms with van der Waals surface area (Å²) in [6.07, 6.45) is 0. The van der Waals surface area contributed by atoms with Crippen LogP contribution in [0.25, 0.3) is 0 Å². The van der Waals surface area contributed by atoms with Gasteiger partial charge in [-0.1, -0.05) is 6.07 Å². The van der Waals surface area contributed by atoms with E-state index in [-0.39, 0.29) is 18.6 Å². The fourth-order valence-electron chi connectivity index (χ4n) is 2.73. The Morgan fingerprint density at radius 2 is 2.00 bits per heavy atom. The molecule has 1 aliphatic rings. The predicted molar refractivity (Wildman–Crippen MR) is 79.5 cm³/mol. The van der Waals surface area contributed by atoms with Crippen LogP contribution in [0.4, 0.5) is 5.69 Å². The molecule has 2 aromatic rings. The van der Waals surface area contributed by atoms with Crippen molar-refractivity contribution in [2.24, 2.45) is 5.73 Å². The lowest BCUT2D eigenvalue weighted by Gasteiger charge is -2.20. The zero-order chi connectivity index (χ0) is 15.1. The summed E-state index contributed by atoms with van der Waals surface area (Å²) in [4.78, 5) is 11.4. The van der Waals surface area contributed by atoms with Crippen LogP contribution in [0, 0.1) is 20.8 Å². The van der Waals surface area contributed by atoms with E-state index in [2.05, 4.69) is 5.32 Å². The molecule has 1 aromatic heterocycles. The molecule has 1 atom stereocenters. The third-order valence-corrected chi connectivity index (χ3v) is 3.92. The van der Waals surface area contributed by atoms with E-state index in [1.54, 1.807) is 0 Å². The van der Waals surface area contributed by atoms with Crippen molar-refractivity contribution in [1.29, 1.82) is 0 Å². The summed E-state index contributed by atoms with van der Waals surface area (Å²) in [6, 6.07) is 5.31. The second-order valence-electron chi connectivity index (χ2n) is 5.32. The first-order chi connectivity index (χ1) is 9.97. The Morgan fingerprint density at radius 1 is 1.24 bits per heavy atom. The summed E-state index contributed by atoms with van der Waals surface area (Å²) in [5.74, 6) is 2.23. The first-order valence-corrected chi connectivity index (χ1v) is 6.86. The molecule has 1 amide bonds. The molecule has 0 saturated heterocycles. The van der Waals surface area contributed by atoms with Crippen LogP contribution in [0.5, 0.6) is 5.75 Å². The molecule has 0 bridgehead atoms. The predicted octanol–water partition coefficient (Wildman–Crippen LogP) is 2.58. The third kappa shape index (κ3) is 2.29. The SMILES string of the molecule is Cc1oc(C)c(C(N)c2ccc3c(c2)NC(=O)CO3)c1C. The van der Waals surface area contributed by atoms with Crippen LogP contribution >= 0.6 is 0 Å². The van der Waals surface area contributed by atoms with Gasteiger partial charge in [-0.15, -0.1) is 0 Å². The molecule has 21 heavy (non-hydrogen) atoms. The number of anilines is 1. The zero-order valence-electron chi connectivity index (χ0n) is 12.3. The van der Waals surface area contributed by atoms with E-state index in [0.29, 0.717) is 11.4 Å². The van der Waals surface area contributed by atoms with Gasteiger partial charge in [0.05, 0.1) is 11.7 Å². The molecule has 5 nitrogen and oxygen atoms in total. The van der Waals surface area contributed by atoms with Crippen molar-refractivity contribution in [2.75, 3.05) is 11.9 Å². The van der Waals surface area contributed by atoms with Gasteiger partial charge in [-0.25, -0.2) is 0 Å². The van der Waals surface area contributed by atoms with E-state index >= 15 is 0 Å². The Hall–Kier alpha value is -2.27. The second kappa shape index (κ2) is 4.93. The lowest BCUT2D eigenvalue weighted by Crippen LogP contribution is -2.25. The molecular weight excluding hydrogens is 268 g/mol. The number of rotatable bonds is 2. The summed E-state index contributed by atoms with van der Waals surface area (Å²) in [7, 11) is 0. The van der Waals surface area contributed by atoms with Gasteiger partial charge >= 0.3 is 0 Å². The molecule has 110 valence electrons. The Bertz CT molecular complexity index is 719. The van der Waals surface area contributed by atoms with Gasteiger partial charge < -0.3 is 20.2 Å². The van der Waals surface area contributed by atoms with Crippen molar-refractivity contribution >= 4 is 11.6 Å². The maximum absolute atomic E-state index is 11.4. The number of hydrogen-bond donors (Lipinski definition) is 2. The van der Waals surface area contributed by atoms with Gasteiger partial charge in [0.1, 0.15) is 17.3 Å². The van der Waals surface area contributed by atoms with Crippen LogP contribution in [0.1, 0.15) is 34.3 Å². The molecule has 3 rings (SSSR count). The number of fused-ring (bicyclic) bond motifs is 1. The molecule has 1 aliphatic heterocycles. The maximum Gasteiger partial charge on any atom is 0.262 e. The van der Waals surface area contributed by atoms with Crippen LogP contribution in [-0.4, -0.2) is 12.5 Å². The minimum Gasteiger partial charge on any atom is -0.482 e. The number of aryl methyl sites for hydroxylation is 2. The lowest BCUT2D eigenvalue weighted by atomic mass is 9.95. The summed E-state index contributed by atoms with van der Waals surface area (Å²) in [5, 5.41) is 2.80. The summed E-state index contributed by atoms with van der Waals surface area (Å²) < 4.78 is 11.0. The van der Waals surface area contributed by atoms with Gasteiger partial charge in [0.25, 0.3) is 5.91 Å². The van der Waals surface area contributed by atoms with Crippen molar-refractivity contribution in [3.8, 4) is 5.75 Å². The Kier molecular flexibility index (Phi) is 3.22. The number of nitrogens with one attached hydrogen (secondary N) is 1. The number of amides is 1. The van der Waals surface area contributed by atoms with Crippen LogP contribution in [0.2, 0.25) is 0 Å². The molecule has 2 heterocycles. The van der Waals surface area contributed by atoms with E-state index in [9.17, 15) is 4.79 Å². The molecule has 3 N–H and O–H groups in total. The van der Waals surface area contributed by atoms with Crippen molar-refractivity contribution in [2.45, 2.75) is 26.8 Å². The molecule has 1 aromatic carbocycles. The summed E-state index contributed by atoms with van der Waals surface area (Å²) in [6.45, 7) is 5.90. The fourth-order valence-corrected chi connectivity index (χ4v) is 2.73. The van der Waals surface area contributed by atoms with Crippen molar-refractivity contribution in [3.63, 3.8) is 0 Å². The number of benzene rings is 1. The van der Waals surface area contributed by atoms with Crippen LogP contribution in [0.3, 0.4) is 0 Å². The van der Waals surface area contributed by atoms with Gasteiger partial charge in [-0.05, 0) is 44.0 Å². The molecular formula is C16H18N2O3. The highest BCUT2D eigenvalue weighted by Crippen LogP contribution is 2.34. The highest BCUT2D eigenvalue weighted by Gasteiger charge is 2.22. The first kappa shape index (κ1) is 13.7. The monoisotopic (exact) mass is 286 g/mol. The van der Waals surface area contributed by atoms with Crippen molar-refractivity contribution in [1.82, 2.24) is 0 Å². The Morgan fingerprint density at radius 3 is 2.67 bits per heavy atom. The number of carbonyl (C=O) groups is 1. The first-order valence-electron chi connectivity index (χ1n) is 6.86. The standard InChI is InChI=1S/C16H18N2O3/c1-8-9(2)21-10(3)15(8)16(17)11-4-5-13-12(6-11)18-14(19)7-20-13/h4-6,16H,7,17H2,1-3H3,(H,18,19). The van der Waals surface area contributed by atoms with Gasteiger partial charge in [0, 0.05) is 5.56 Å². The highest BCUT2D eigenvalue weighted by atomic mass is 16.5. The zero-order valence-corrected chi connectivity index (χ0v) is 12.3. The summed E-state index contributed by atoms with van der Waals surface area (Å²) >= 11 is 0. The van der Waals surface area contributed by atoms with E-state index in [1.807, 2.05) is 39.0 Å². The normalized spacial score (nSPS) is 15.1. The van der Waals surface area contributed by atoms with Crippen LogP contribution in [-0.2, 0) is 4.79 Å². The molecule has 5 heteroatoms. The molecule has 0 aliphatic carbocycles. The third-order valence-electron chi connectivity index (χ3n) is 3.92. The molecule has 0 saturated carbocycles. The van der Waals surface area contributed by atoms with Crippen molar-refractivity contribution in [3.05, 3.63) is 46.4 Å². The minimum atomic E-state index is -0.299. The van der Waals surface area contributed by atoms with E-state index in [0.717, 1.165) is 28.2 Å². The molecule has 0 radical (unpaired) electrons. The number of hydrogen-bond acceptors (Lipinski definition) is 4. The highest BCUT2D eigenvalue weighted by molar-refractivity contribution is 5.95. The van der Waals surface area contributed by atoms with E-state index in [1.165, 1.54) is 0 Å². The lowest BCUT2D eigenvalue weighted by molar-refractivity contribution is -0.118. The Balaban J connectivity index is 2.00. The quantitative estimate of drug-likeness (QED) is 0.889. The molecule has 0 fully saturated rings. The molecule has 0 spiro atoms. The van der Waals surface area contributed by atoms with Crippen LogP contribution in [0.15, 0.2) is 22.6 Å². The molecule has 1 unspecified atom stereocenters. The van der Waals surface area contributed by atoms with Gasteiger partial charge in [0.15, 0.2) is 6.61 Å². The average Bonchev–Trinajstić information content (AvgIpc) is 2.70. The smallest absolute Gasteiger partial charge is 0.262 e. The van der Waals surface area contributed by atoms with Crippen LogP contribution < -0.4 is 15.8 Å². The van der Waals surface area contributed by atoms with Gasteiger partial charge in [-0.2, -0.15) is 0 Å². The fraction of sp³-hybridized carbons (Fsp3) is 0.312. The Labute approximate surface area is 123 Å². The number of furan rings is 1. The van der Waals surface area contributed by atoms with Crippen molar-refractivity contribution < 1.29 is 13.9 Å². The summed E-state index contributed by atoms with van der Waals surface area (Å²) in [5.41, 5.74) is 10.0. The minimum absolute atomic E-state index is 0.0531. The topological polar surface area (TPSA) is 77.5 Å². The van der Waals surface area contributed by atoms with E-state index in [4.69, 9.17) is 14.9 Å².